The van der Waals surface area contributed by atoms with Crippen LogP contribution in [0.25, 0.3) is 0 Å². The fourth-order valence-electron chi connectivity index (χ4n) is 1.34. The molecule has 0 aliphatic carbocycles. The summed E-state index contributed by atoms with van der Waals surface area (Å²) in [7, 11) is 6.26. The maximum absolute atomic E-state index is 12.8. The number of hydrogen-bond donors (Lipinski definition) is 0. The third-order valence-corrected chi connectivity index (χ3v) is 2.08. The van der Waals surface area contributed by atoms with Gasteiger partial charge in [0.25, 0.3) is 0 Å². The number of halogens is 2. The lowest BCUT2D eigenvalue weighted by Gasteiger charge is -2.23. The van der Waals surface area contributed by atoms with E-state index < -0.39 is 11.6 Å². The van der Waals surface area contributed by atoms with Crippen LogP contribution in [0.5, 0.6) is 5.75 Å². The number of benzene rings is 1. The first-order chi connectivity index (χ1) is 7.37. The molecular formula is C12H18F2NO+. The first kappa shape index (κ1) is 12.9. The van der Waals surface area contributed by atoms with Gasteiger partial charge in [0, 0.05) is 24.6 Å². The van der Waals surface area contributed by atoms with Crippen LogP contribution in [0.3, 0.4) is 0 Å². The van der Waals surface area contributed by atoms with Gasteiger partial charge < -0.3 is 9.22 Å². The van der Waals surface area contributed by atoms with Gasteiger partial charge in [-0.05, 0) is 0 Å². The number of rotatable bonds is 5. The highest BCUT2D eigenvalue weighted by Gasteiger charge is 2.06. The van der Waals surface area contributed by atoms with Crippen LogP contribution >= 0.6 is 0 Å². The second kappa shape index (κ2) is 5.25. The highest BCUT2D eigenvalue weighted by Crippen LogP contribution is 2.15. The molecule has 0 aliphatic rings. The molecule has 1 rings (SSSR count). The molecule has 0 saturated heterocycles. The van der Waals surface area contributed by atoms with Crippen LogP contribution in [-0.4, -0.2) is 38.8 Å². The van der Waals surface area contributed by atoms with Gasteiger partial charge in [-0.1, -0.05) is 0 Å². The summed E-state index contributed by atoms with van der Waals surface area (Å²) in [6.45, 7) is 1.43. The SMILES string of the molecule is C[N+](C)(C)CCCOc1cc(F)cc(F)c1. The summed E-state index contributed by atoms with van der Waals surface area (Å²) in [6.07, 6.45) is 0.849. The van der Waals surface area contributed by atoms with Crippen molar-refractivity contribution in [1.82, 2.24) is 0 Å². The Bertz CT molecular complexity index is 327. The summed E-state index contributed by atoms with van der Waals surface area (Å²) < 4.78 is 31.7. The van der Waals surface area contributed by atoms with Gasteiger partial charge in [0.05, 0.1) is 34.3 Å². The number of nitrogens with zero attached hydrogens (tertiary/aromatic N) is 1. The molecule has 1 aromatic carbocycles. The summed E-state index contributed by atoms with van der Waals surface area (Å²) in [5.74, 6) is -0.970. The zero-order valence-corrected chi connectivity index (χ0v) is 9.96. The molecule has 0 heterocycles. The molecule has 0 aliphatic heterocycles. The van der Waals surface area contributed by atoms with Crippen LogP contribution in [0.1, 0.15) is 6.42 Å². The monoisotopic (exact) mass is 230 g/mol. The Labute approximate surface area is 95.0 Å². The summed E-state index contributed by atoms with van der Waals surface area (Å²) in [4.78, 5) is 0. The lowest BCUT2D eigenvalue weighted by atomic mass is 10.3. The van der Waals surface area contributed by atoms with Crippen molar-refractivity contribution in [3.8, 4) is 5.75 Å². The predicted molar refractivity (Wildman–Crippen MR) is 59.4 cm³/mol. The van der Waals surface area contributed by atoms with Gasteiger partial charge in [-0.3, -0.25) is 0 Å². The Morgan fingerprint density at radius 3 is 2.12 bits per heavy atom. The van der Waals surface area contributed by atoms with E-state index in [-0.39, 0.29) is 5.75 Å². The van der Waals surface area contributed by atoms with Crippen LogP contribution in [0.4, 0.5) is 8.78 Å². The summed E-state index contributed by atoms with van der Waals surface area (Å²) >= 11 is 0. The lowest BCUT2D eigenvalue weighted by Crippen LogP contribution is -2.35. The molecule has 0 unspecified atom stereocenters. The van der Waals surface area contributed by atoms with Crippen molar-refractivity contribution in [2.45, 2.75) is 6.42 Å². The lowest BCUT2D eigenvalue weighted by molar-refractivity contribution is -0.870. The zero-order valence-electron chi connectivity index (χ0n) is 9.96. The molecule has 1 aromatic rings. The van der Waals surface area contributed by atoms with E-state index in [0.717, 1.165) is 23.5 Å². The Morgan fingerprint density at radius 2 is 1.62 bits per heavy atom. The fraction of sp³-hybridized carbons (Fsp3) is 0.500. The van der Waals surface area contributed by atoms with E-state index in [2.05, 4.69) is 21.1 Å². The van der Waals surface area contributed by atoms with Crippen LogP contribution in [0, 0.1) is 11.6 Å². The van der Waals surface area contributed by atoms with E-state index in [4.69, 9.17) is 4.74 Å². The predicted octanol–water partition coefficient (Wildman–Crippen LogP) is 2.44. The Morgan fingerprint density at radius 1 is 1.06 bits per heavy atom. The minimum atomic E-state index is -0.610. The molecule has 90 valence electrons. The van der Waals surface area contributed by atoms with Gasteiger partial charge in [0.1, 0.15) is 17.4 Å². The normalized spacial score (nSPS) is 11.6. The molecule has 0 saturated carbocycles. The zero-order chi connectivity index (χ0) is 12.2. The molecule has 0 fully saturated rings. The molecule has 0 radical (unpaired) electrons. The first-order valence-corrected chi connectivity index (χ1v) is 5.26. The Hall–Kier alpha value is -1.16. The van der Waals surface area contributed by atoms with E-state index >= 15 is 0 Å². The van der Waals surface area contributed by atoms with E-state index in [9.17, 15) is 8.78 Å². The second-order valence-electron chi connectivity index (χ2n) is 4.82. The second-order valence-corrected chi connectivity index (χ2v) is 4.82. The van der Waals surface area contributed by atoms with E-state index in [0.29, 0.717) is 6.61 Å². The van der Waals surface area contributed by atoms with Crippen LogP contribution in [-0.2, 0) is 0 Å². The molecule has 0 amide bonds. The highest BCUT2D eigenvalue weighted by molar-refractivity contribution is 5.23. The topological polar surface area (TPSA) is 9.23 Å². The molecule has 0 N–H and O–H groups in total. The minimum Gasteiger partial charge on any atom is -0.493 e. The Balaban J connectivity index is 2.37. The average Bonchev–Trinajstić information content (AvgIpc) is 2.09. The maximum atomic E-state index is 12.8. The molecule has 2 nitrogen and oxygen atoms in total. The van der Waals surface area contributed by atoms with Crippen LogP contribution in [0.15, 0.2) is 18.2 Å². The van der Waals surface area contributed by atoms with Gasteiger partial charge >= 0.3 is 0 Å². The summed E-state index contributed by atoms with van der Waals surface area (Å²) in [6, 6.07) is 3.21. The first-order valence-electron chi connectivity index (χ1n) is 5.26. The molecule has 0 bridgehead atoms. The maximum Gasteiger partial charge on any atom is 0.129 e. The third-order valence-electron chi connectivity index (χ3n) is 2.08. The third kappa shape index (κ3) is 5.07. The molecule has 0 spiro atoms. The van der Waals surface area contributed by atoms with Crippen molar-refractivity contribution in [2.24, 2.45) is 0 Å². The van der Waals surface area contributed by atoms with Crippen molar-refractivity contribution >= 4 is 0 Å². The van der Waals surface area contributed by atoms with Gasteiger partial charge in [0.2, 0.25) is 0 Å². The quantitative estimate of drug-likeness (QED) is 0.557. The van der Waals surface area contributed by atoms with Crippen molar-refractivity contribution in [3.63, 3.8) is 0 Å². The largest absolute Gasteiger partial charge is 0.493 e. The van der Waals surface area contributed by atoms with E-state index in [1.807, 2.05) is 0 Å². The average molecular weight is 230 g/mol. The standard InChI is InChI=1S/C12H18F2NO/c1-15(2,3)5-4-6-16-12-8-10(13)7-11(14)9-12/h7-9H,4-6H2,1-3H3/q+1. The molecule has 4 heteroatoms. The van der Waals surface area contributed by atoms with Crippen LogP contribution in [0.2, 0.25) is 0 Å². The van der Waals surface area contributed by atoms with E-state index in [1.165, 1.54) is 12.1 Å². The summed E-state index contributed by atoms with van der Waals surface area (Å²) in [5, 5.41) is 0. The molecular weight excluding hydrogens is 212 g/mol. The van der Waals surface area contributed by atoms with Gasteiger partial charge in [0.15, 0.2) is 0 Å². The molecule has 0 aromatic heterocycles. The number of hydrogen-bond acceptors (Lipinski definition) is 1. The van der Waals surface area contributed by atoms with Crippen molar-refractivity contribution in [3.05, 3.63) is 29.8 Å². The van der Waals surface area contributed by atoms with Crippen molar-refractivity contribution in [1.29, 1.82) is 0 Å². The van der Waals surface area contributed by atoms with Gasteiger partial charge in [-0.15, -0.1) is 0 Å². The number of ether oxygens (including phenoxy) is 1. The van der Waals surface area contributed by atoms with Crippen LogP contribution < -0.4 is 4.74 Å². The van der Waals surface area contributed by atoms with Gasteiger partial charge in [-0.2, -0.15) is 0 Å². The number of quaternary nitrogens is 1. The van der Waals surface area contributed by atoms with E-state index in [1.54, 1.807) is 0 Å². The minimum absolute atomic E-state index is 0.249. The van der Waals surface area contributed by atoms with Gasteiger partial charge in [-0.25, -0.2) is 8.78 Å². The van der Waals surface area contributed by atoms with Crippen molar-refractivity contribution in [2.75, 3.05) is 34.3 Å². The smallest absolute Gasteiger partial charge is 0.129 e. The summed E-state index contributed by atoms with van der Waals surface area (Å²) in [5.41, 5.74) is 0. The van der Waals surface area contributed by atoms with Crippen molar-refractivity contribution < 1.29 is 18.0 Å². The molecule has 0 atom stereocenters. The Kier molecular flexibility index (Phi) is 4.24. The fourth-order valence-corrected chi connectivity index (χ4v) is 1.34. The molecule has 16 heavy (non-hydrogen) atoms. The highest BCUT2D eigenvalue weighted by atomic mass is 19.1.